The summed E-state index contributed by atoms with van der Waals surface area (Å²) in [6, 6.07) is -0.637. The van der Waals surface area contributed by atoms with Crippen LogP contribution in [0.4, 0.5) is 4.79 Å². The van der Waals surface area contributed by atoms with Gasteiger partial charge in [0.15, 0.2) is 0 Å². The molecule has 1 fully saturated rings. The summed E-state index contributed by atoms with van der Waals surface area (Å²) >= 11 is 0. The van der Waals surface area contributed by atoms with Crippen LogP contribution in [0.2, 0.25) is 0 Å². The van der Waals surface area contributed by atoms with E-state index < -0.39 is 29.1 Å². The number of carbonyl (C=O) groups is 2. The fourth-order valence-electron chi connectivity index (χ4n) is 1.75. The molecular formula is C11H12N4O5. The average Bonchev–Trinajstić information content (AvgIpc) is 2.66. The van der Waals surface area contributed by atoms with Crippen molar-refractivity contribution in [3.05, 3.63) is 32.1 Å². The number of imide groups is 1. The van der Waals surface area contributed by atoms with E-state index in [-0.39, 0.29) is 11.3 Å². The summed E-state index contributed by atoms with van der Waals surface area (Å²) in [5, 5.41) is 12.1. The standard InChI is InChI=1S/C11H12N4O5/c1-13-9(18)6(12-10(13)19)4-5-7(16)14(2)11(20)15(3)8(5)17/h4,16H,1-3H3,(H,12,19)/b6-4-. The van der Waals surface area contributed by atoms with Gasteiger partial charge in [-0.2, -0.15) is 0 Å². The fourth-order valence-corrected chi connectivity index (χ4v) is 1.75. The third kappa shape index (κ3) is 1.79. The first-order valence-corrected chi connectivity index (χ1v) is 5.55. The van der Waals surface area contributed by atoms with Gasteiger partial charge in [-0.15, -0.1) is 0 Å². The van der Waals surface area contributed by atoms with E-state index >= 15 is 0 Å². The topological polar surface area (TPSA) is 114 Å². The van der Waals surface area contributed by atoms with Gasteiger partial charge in [0.1, 0.15) is 11.3 Å². The van der Waals surface area contributed by atoms with Crippen molar-refractivity contribution in [3.8, 4) is 5.88 Å². The Balaban J connectivity index is 2.68. The van der Waals surface area contributed by atoms with Crippen molar-refractivity contribution in [1.29, 1.82) is 0 Å². The summed E-state index contributed by atoms with van der Waals surface area (Å²) in [6.07, 6.45) is 1.04. The summed E-state index contributed by atoms with van der Waals surface area (Å²) in [5.74, 6) is -1.22. The van der Waals surface area contributed by atoms with Gasteiger partial charge in [-0.1, -0.05) is 0 Å². The molecule has 3 amide bonds. The van der Waals surface area contributed by atoms with Crippen molar-refractivity contribution in [2.24, 2.45) is 14.1 Å². The van der Waals surface area contributed by atoms with E-state index in [1.807, 2.05) is 0 Å². The molecule has 0 unspecified atom stereocenters. The summed E-state index contributed by atoms with van der Waals surface area (Å²) in [5.41, 5.74) is -1.87. The van der Waals surface area contributed by atoms with Gasteiger partial charge in [0.2, 0.25) is 5.88 Å². The van der Waals surface area contributed by atoms with Crippen LogP contribution in [0.3, 0.4) is 0 Å². The molecule has 2 heterocycles. The molecule has 1 aliphatic heterocycles. The Morgan fingerprint density at radius 2 is 1.65 bits per heavy atom. The number of rotatable bonds is 1. The Labute approximate surface area is 112 Å². The second kappa shape index (κ2) is 4.37. The van der Waals surface area contributed by atoms with Crippen LogP contribution in [0.1, 0.15) is 5.56 Å². The predicted octanol–water partition coefficient (Wildman–Crippen LogP) is -1.69. The van der Waals surface area contributed by atoms with Crippen molar-refractivity contribution in [2.75, 3.05) is 7.05 Å². The van der Waals surface area contributed by atoms with Gasteiger partial charge < -0.3 is 10.4 Å². The molecule has 1 aliphatic rings. The monoisotopic (exact) mass is 280 g/mol. The normalized spacial score (nSPS) is 16.9. The number of hydrogen-bond donors (Lipinski definition) is 2. The number of urea groups is 1. The van der Waals surface area contributed by atoms with E-state index in [4.69, 9.17) is 0 Å². The number of aromatic nitrogens is 2. The minimum absolute atomic E-state index is 0.149. The van der Waals surface area contributed by atoms with Gasteiger partial charge in [0.25, 0.3) is 11.5 Å². The molecule has 0 aromatic carbocycles. The van der Waals surface area contributed by atoms with Crippen molar-refractivity contribution in [3.63, 3.8) is 0 Å². The molecule has 106 valence electrons. The molecule has 0 radical (unpaired) electrons. The van der Waals surface area contributed by atoms with Crippen molar-refractivity contribution < 1.29 is 14.7 Å². The maximum Gasteiger partial charge on any atom is 0.333 e. The van der Waals surface area contributed by atoms with Crippen LogP contribution in [-0.4, -0.2) is 38.1 Å². The number of aromatic hydroxyl groups is 1. The van der Waals surface area contributed by atoms with E-state index in [0.29, 0.717) is 0 Å². The van der Waals surface area contributed by atoms with Crippen LogP contribution in [0.15, 0.2) is 15.3 Å². The highest BCUT2D eigenvalue weighted by Crippen LogP contribution is 2.15. The molecule has 2 rings (SSSR count). The van der Waals surface area contributed by atoms with E-state index in [9.17, 15) is 24.3 Å². The number of nitrogens with one attached hydrogen (secondary N) is 1. The molecule has 1 aromatic rings. The Morgan fingerprint density at radius 3 is 2.15 bits per heavy atom. The zero-order valence-electron chi connectivity index (χ0n) is 11.0. The van der Waals surface area contributed by atoms with Crippen LogP contribution in [0, 0.1) is 0 Å². The SMILES string of the molecule is CN1C(=O)N/C(=C\c2c(O)n(C)c(=O)n(C)c2=O)C1=O. The molecule has 9 nitrogen and oxygen atoms in total. The molecule has 0 saturated carbocycles. The summed E-state index contributed by atoms with van der Waals surface area (Å²) in [4.78, 5) is 47.3. The highest BCUT2D eigenvalue weighted by atomic mass is 16.3. The second-order valence-corrected chi connectivity index (χ2v) is 4.30. The molecular weight excluding hydrogens is 268 g/mol. The molecule has 1 aromatic heterocycles. The third-order valence-electron chi connectivity index (χ3n) is 3.04. The van der Waals surface area contributed by atoms with E-state index in [1.54, 1.807) is 0 Å². The van der Waals surface area contributed by atoms with Crippen LogP contribution in [0.25, 0.3) is 6.08 Å². The van der Waals surface area contributed by atoms with Gasteiger partial charge in [-0.05, 0) is 6.08 Å². The average molecular weight is 280 g/mol. The zero-order valence-corrected chi connectivity index (χ0v) is 11.0. The zero-order chi connectivity index (χ0) is 15.2. The lowest BCUT2D eigenvalue weighted by Crippen LogP contribution is -2.38. The van der Waals surface area contributed by atoms with Gasteiger partial charge in [-0.3, -0.25) is 23.6 Å². The van der Waals surface area contributed by atoms with E-state index in [2.05, 4.69) is 5.32 Å². The molecule has 0 atom stereocenters. The third-order valence-corrected chi connectivity index (χ3v) is 3.04. The first-order valence-electron chi connectivity index (χ1n) is 5.55. The Morgan fingerprint density at radius 1 is 1.05 bits per heavy atom. The van der Waals surface area contributed by atoms with Crippen LogP contribution >= 0.6 is 0 Å². The van der Waals surface area contributed by atoms with Gasteiger partial charge >= 0.3 is 11.7 Å². The van der Waals surface area contributed by atoms with Crippen molar-refractivity contribution in [2.45, 2.75) is 0 Å². The highest BCUT2D eigenvalue weighted by Gasteiger charge is 2.30. The highest BCUT2D eigenvalue weighted by molar-refractivity contribution is 6.13. The first-order chi connectivity index (χ1) is 9.25. The smallest absolute Gasteiger partial charge is 0.333 e. The maximum absolute atomic E-state index is 11.9. The summed E-state index contributed by atoms with van der Waals surface area (Å²) in [6.45, 7) is 0. The number of nitrogens with zero attached hydrogens (tertiary/aromatic N) is 3. The molecule has 0 bridgehead atoms. The first kappa shape index (κ1) is 13.6. The lowest BCUT2D eigenvalue weighted by Gasteiger charge is -2.07. The largest absolute Gasteiger partial charge is 0.494 e. The minimum Gasteiger partial charge on any atom is -0.494 e. The number of hydrogen-bond acceptors (Lipinski definition) is 5. The molecule has 9 heteroatoms. The summed E-state index contributed by atoms with van der Waals surface area (Å²) in [7, 11) is 3.80. The van der Waals surface area contributed by atoms with Crippen molar-refractivity contribution >= 4 is 18.0 Å². The number of amides is 3. The second-order valence-electron chi connectivity index (χ2n) is 4.30. The van der Waals surface area contributed by atoms with Gasteiger partial charge in [0.05, 0.1) is 0 Å². The molecule has 1 saturated heterocycles. The molecule has 20 heavy (non-hydrogen) atoms. The summed E-state index contributed by atoms with van der Waals surface area (Å²) < 4.78 is 1.65. The number of carbonyl (C=O) groups excluding carboxylic acids is 2. The van der Waals surface area contributed by atoms with Gasteiger partial charge in [0, 0.05) is 21.1 Å². The van der Waals surface area contributed by atoms with E-state index in [0.717, 1.165) is 20.1 Å². The molecule has 0 aliphatic carbocycles. The Kier molecular flexibility index (Phi) is 2.97. The lowest BCUT2D eigenvalue weighted by molar-refractivity contribution is -0.121. The lowest BCUT2D eigenvalue weighted by atomic mass is 10.2. The maximum atomic E-state index is 11.9. The predicted molar refractivity (Wildman–Crippen MR) is 67.9 cm³/mol. The van der Waals surface area contributed by atoms with Gasteiger partial charge in [-0.25, -0.2) is 9.59 Å². The van der Waals surface area contributed by atoms with Crippen molar-refractivity contribution in [1.82, 2.24) is 19.4 Å². The quantitative estimate of drug-likeness (QED) is 0.471. The fraction of sp³-hybridized carbons (Fsp3) is 0.273. The minimum atomic E-state index is -0.769. The Hall–Kier alpha value is -2.84. The Bertz CT molecular complexity index is 770. The molecule has 0 spiro atoms. The van der Waals surface area contributed by atoms with Crippen LogP contribution in [-0.2, 0) is 18.9 Å². The van der Waals surface area contributed by atoms with Crippen LogP contribution in [0.5, 0.6) is 5.88 Å². The van der Waals surface area contributed by atoms with E-state index in [1.165, 1.54) is 21.1 Å². The molecule has 2 N–H and O–H groups in total. The number of likely N-dealkylation sites (N-methyl/N-ethyl adjacent to an activating group) is 1. The van der Waals surface area contributed by atoms with Crippen LogP contribution < -0.4 is 16.6 Å².